The van der Waals surface area contributed by atoms with Crippen LogP contribution in [0.3, 0.4) is 0 Å². The summed E-state index contributed by atoms with van der Waals surface area (Å²) >= 11 is 0. The van der Waals surface area contributed by atoms with Gasteiger partial charge in [-0.1, -0.05) is 25.5 Å². The van der Waals surface area contributed by atoms with Gasteiger partial charge in [-0.2, -0.15) is 0 Å². The quantitative estimate of drug-likeness (QED) is 0.873. The Morgan fingerprint density at radius 1 is 1.45 bits per heavy atom. The number of aromatic nitrogens is 2. The minimum absolute atomic E-state index is 0.0901. The van der Waals surface area contributed by atoms with Crippen LogP contribution in [-0.4, -0.2) is 21.5 Å². The van der Waals surface area contributed by atoms with Crippen LogP contribution >= 0.6 is 0 Å². The fourth-order valence-electron chi connectivity index (χ4n) is 3.84. The molecule has 0 bridgehead atoms. The van der Waals surface area contributed by atoms with Crippen LogP contribution in [-0.2, 0) is 17.8 Å². The number of nitrogens with one attached hydrogen (secondary N) is 1. The fourth-order valence-corrected chi connectivity index (χ4v) is 3.84. The van der Waals surface area contributed by atoms with Crippen molar-refractivity contribution < 1.29 is 4.79 Å². The van der Waals surface area contributed by atoms with Crippen molar-refractivity contribution >= 4 is 5.91 Å². The van der Waals surface area contributed by atoms with Gasteiger partial charge in [0, 0.05) is 25.2 Å². The van der Waals surface area contributed by atoms with Gasteiger partial charge in [0.25, 0.3) is 0 Å². The molecule has 0 saturated heterocycles. The molecule has 120 valence electrons. The SMILES string of the molecule is CC(C)=C[C@@H]1[C@H](C(=O)N[C@@H]2CCc3nc(C)cn3C2)C1(C)C. The number of amides is 1. The van der Waals surface area contributed by atoms with E-state index in [1.165, 1.54) is 5.57 Å². The molecule has 0 radical (unpaired) electrons. The average Bonchev–Trinajstić information content (AvgIpc) is 2.75. The number of carbonyl (C=O) groups is 1. The number of imidazole rings is 1. The summed E-state index contributed by atoms with van der Waals surface area (Å²) in [6.07, 6.45) is 6.27. The van der Waals surface area contributed by atoms with Crippen molar-refractivity contribution in [1.29, 1.82) is 0 Å². The van der Waals surface area contributed by atoms with E-state index in [1.807, 2.05) is 6.92 Å². The monoisotopic (exact) mass is 301 g/mol. The third kappa shape index (κ3) is 2.71. The van der Waals surface area contributed by atoms with Crippen LogP contribution in [0.4, 0.5) is 0 Å². The van der Waals surface area contributed by atoms with Gasteiger partial charge in [-0.15, -0.1) is 0 Å². The Bertz CT molecular complexity index is 622. The van der Waals surface area contributed by atoms with Crippen molar-refractivity contribution in [1.82, 2.24) is 14.9 Å². The summed E-state index contributed by atoms with van der Waals surface area (Å²) < 4.78 is 2.19. The van der Waals surface area contributed by atoms with Gasteiger partial charge in [0.1, 0.15) is 5.82 Å². The lowest BCUT2D eigenvalue weighted by Gasteiger charge is -2.25. The molecule has 1 fully saturated rings. The zero-order chi connectivity index (χ0) is 16.1. The lowest BCUT2D eigenvalue weighted by atomic mass is 10.1. The molecule has 4 nitrogen and oxygen atoms in total. The fraction of sp³-hybridized carbons (Fsp3) is 0.667. The van der Waals surface area contributed by atoms with Gasteiger partial charge in [-0.3, -0.25) is 4.79 Å². The smallest absolute Gasteiger partial charge is 0.224 e. The molecule has 1 aromatic heterocycles. The van der Waals surface area contributed by atoms with Gasteiger partial charge in [-0.05, 0) is 38.5 Å². The van der Waals surface area contributed by atoms with Crippen LogP contribution in [0, 0.1) is 24.2 Å². The highest BCUT2D eigenvalue weighted by atomic mass is 16.2. The molecule has 3 atom stereocenters. The number of aryl methyl sites for hydroxylation is 2. The summed E-state index contributed by atoms with van der Waals surface area (Å²) in [4.78, 5) is 17.2. The van der Waals surface area contributed by atoms with Crippen LogP contribution in [0.25, 0.3) is 0 Å². The highest BCUT2D eigenvalue weighted by Crippen LogP contribution is 2.59. The molecule has 1 aliphatic carbocycles. The van der Waals surface area contributed by atoms with E-state index in [0.29, 0.717) is 5.92 Å². The van der Waals surface area contributed by atoms with Crippen LogP contribution in [0.1, 0.15) is 45.6 Å². The van der Waals surface area contributed by atoms with Crippen molar-refractivity contribution in [3.05, 3.63) is 29.4 Å². The predicted octanol–water partition coefficient (Wildman–Crippen LogP) is 2.86. The first-order valence-electron chi connectivity index (χ1n) is 8.27. The van der Waals surface area contributed by atoms with E-state index in [0.717, 1.165) is 30.9 Å². The maximum atomic E-state index is 12.6. The highest BCUT2D eigenvalue weighted by molar-refractivity contribution is 5.84. The summed E-state index contributed by atoms with van der Waals surface area (Å²) in [5.74, 6) is 1.87. The van der Waals surface area contributed by atoms with Crippen molar-refractivity contribution in [2.24, 2.45) is 17.3 Å². The zero-order valence-electron chi connectivity index (χ0n) is 14.3. The predicted molar refractivity (Wildman–Crippen MR) is 87.4 cm³/mol. The van der Waals surface area contributed by atoms with Gasteiger partial charge in [-0.25, -0.2) is 4.98 Å². The van der Waals surface area contributed by atoms with Crippen LogP contribution in [0.5, 0.6) is 0 Å². The standard InChI is InChI=1S/C18H27N3O/c1-11(2)8-14-16(18(14,4)5)17(22)20-13-6-7-15-19-12(3)9-21(15)10-13/h8-9,13-14,16H,6-7,10H2,1-5H3,(H,20,22)/t13-,14-,16-/m1/s1. The molecule has 4 heteroatoms. The van der Waals surface area contributed by atoms with E-state index in [2.05, 4.69) is 54.8 Å². The van der Waals surface area contributed by atoms with Crippen LogP contribution in [0.15, 0.2) is 17.8 Å². The summed E-state index contributed by atoms with van der Waals surface area (Å²) in [6.45, 7) is 11.5. The summed E-state index contributed by atoms with van der Waals surface area (Å²) in [6, 6.07) is 0.234. The first kappa shape index (κ1) is 15.3. The number of allylic oxidation sites excluding steroid dienone is 2. The first-order chi connectivity index (χ1) is 10.3. The minimum atomic E-state index is 0.0901. The van der Waals surface area contributed by atoms with E-state index in [4.69, 9.17) is 0 Å². The lowest BCUT2D eigenvalue weighted by molar-refractivity contribution is -0.124. The topological polar surface area (TPSA) is 46.9 Å². The molecule has 1 N–H and O–H groups in total. The Labute approximate surface area is 133 Å². The number of hydrogen-bond donors (Lipinski definition) is 1. The molecule has 2 heterocycles. The molecule has 1 amide bonds. The number of nitrogens with zero attached hydrogens (tertiary/aromatic N) is 2. The normalized spacial score (nSPS) is 28.7. The Hall–Kier alpha value is -1.58. The van der Waals surface area contributed by atoms with Crippen LogP contribution < -0.4 is 5.32 Å². The summed E-state index contributed by atoms with van der Waals surface area (Å²) in [5, 5.41) is 3.27. The Kier molecular flexibility index (Phi) is 3.66. The maximum Gasteiger partial charge on any atom is 0.224 e. The van der Waals surface area contributed by atoms with Crippen LogP contribution in [0.2, 0.25) is 0 Å². The second-order valence-electron chi connectivity index (χ2n) is 7.76. The highest BCUT2D eigenvalue weighted by Gasteiger charge is 2.60. The largest absolute Gasteiger partial charge is 0.351 e. The Morgan fingerprint density at radius 2 is 2.18 bits per heavy atom. The molecule has 3 rings (SSSR count). The van der Waals surface area contributed by atoms with Gasteiger partial charge in [0.15, 0.2) is 0 Å². The molecule has 1 saturated carbocycles. The van der Waals surface area contributed by atoms with Crippen molar-refractivity contribution in [2.45, 2.75) is 60.0 Å². The van der Waals surface area contributed by atoms with Gasteiger partial charge in [0.2, 0.25) is 5.91 Å². The van der Waals surface area contributed by atoms with Gasteiger partial charge < -0.3 is 9.88 Å². The molecule has 1 aromatic rings. The molecular weight excluding hydrogens is 274 g/mol. The number of carbonyl (C=O) groups excluding carboxylic acids is 1. The number of rotatable bonds is 3. The third-order valence-electron chi connectivity index (χ3n) is 5.17. The molecule has 0 unspecified atom stereocenters. The van der Waals surface area contributed by atoms with Crippen molar-refractivity contribution in [3.8, 4) is 0 Å². The van der Waals surface area contributed by atoms with E-state index >= 15 is 0 Å². The molecule has 22 heavy (non-hydrogen) atoms. The lowest BCUT2D eigenvalue weighted by Crippen LogP contribution is -2.42. The van der Waals surface area contributed by atoms with E-state index in [1.54, 1.807) is 0 Å². The molecule has 1 aliphatic heterocycles. The van der Waals surface area contributed by atoms with E-state index in [9.17, 15) is 4.79 Å². The van der Waals surface area contributed by atoms with Crippen molar-refractivity contribution in [3.63, 3.8) is 0 Å². The minimum Gasteiger partial charge on any atom is -0.351 e. The van der Waals surface area contributed by atoms with Gasteiger partial charge >= 0.3 is 0 Å². The molecule has 0 aromatic carbocycles. The van der Waals surface area contributed by atoms with E-state index in [-0.39, 0.29) is 23.3 Å². The van der Waals surface area contributed by atoms with Crippen molar-refractivity contribution in [2.75, 3.05) is 0 Å². The number of fused-ring (bicyclic) bond motifs is 1. The Morgan fingerprint density at radius 3 is 2.86 bits per heavy atom. The maximum absolute atomic E-state index is 12.6. The first-order valence-corrected chi connectivity index (χ1v) is 8.27. The van der Waals surface area contributed by atoms with Gasteiger partial charge in [0.05, 0.1) is 11.6 Å². The molecular formula is C18H27N3O. The molecule has 2 aliphatic rings. The summed E-state index contributed by atoms with van der Waals surface area (Å²) in [7, 11) is 0. The zero-order valence-corrected chi connectivity index (χ0v) is 14.3. The van der Waals surface area contributed by atoms with E-state index < -0.39 is 0 Å². The number of hydrogen-bond acceptors (Lipinski definition) is 2. The second kappa shape index (κ2) is 5.25. The third-order valence-corrected chi connectivity index (χ3v) is 5.17. The average molecular weight is 301 g/mol. The molecule has 0 spiro atoms. The Balaban J connectivity index is 1.63. The second-order valence-corrected chi connectivity index (χ2v) is 7.76. The summed E-state index contributed by atoms with van der Waals surface area (Å²) in [5.41, 5.74) is 2.45.